The SMILES string of the molecule is NC1CCN(c2ccc(-c3nc(Nc4ccc(C(=O)c5ccccc5)cc4)nc4nc[nH]c34)cn2)CC1. The molecule has 4 N–H and O–H groups in total. The molecule has 6 rings (SSSR count). The molecule has 0 unspecified atom stereocenters. The lowest BCUT2D eigenvalue weighted by Gasteiger charge is -2.31. The highest BCUT2D eigenvalue weighted by atomic mass is 16.1. The number of anilines is 3. The number of pyridine rings is 1. The summed E-state index contributed by atoms with van der Waals surface area (Å²) >= 11 is 0. The third kappa shape index (κ3) is 4.76. The standard InChI is InChI=1S/C28H26N8O/c29-21-12-14-36(15-13-21)23-11-8-20(16-30-23)24-25-27(32-17-31-25)35-28(34-24)33-22-9-6-19(7-10-22)26(37)18-4-2-1-3-5-18/h1-11,16-17,21H,12-15,29H2,(H2,31,32,33,34,35). The van der Waals surface area contributed by atoms with Gasteiger partial charge in [-0.1, -0.05) is 30.3 Å². The molecule has 4 heterocycles. The van der Waals surface area contributed by atoms with E-state index in [9.17, 15) is 4.79 Å². The number of piperidine rings is 1. The Morgan fingerprint density at radius 1 is 0.919 bits per heavy atom. The minimum atomic E-state index is -0.0213. The number of aromatic nitrogens is 5. The van der Waals surface area contributed by atoms with Gasteiger partial charge in [0.1, 0.15) is 17.0 Å². The van der Waals surface area contributed by atoms with Crippen LogP contribution in [-0.2, 0) is 0 Å². The van der Waals surface area contributed by atoms with Crippen LogP contribution in [0.1, 0.15) is 28.8 Å². The number of aromatic amines is 1. The normalized spacial score (nSPS) is 14.1. The number of nitrogens with one attached hydrogen (secondary N) is 2. The first-order valence-corrected chi connectivity index (χ1v) is 12.3. The van der Waals surface area contributed by atoms with Gasteiger partial charge >= 0.3 is 0 Å². The van der Waals surface area contributed by atoms with E-state index in [4.69, 9.17) is 15.7 Å². The molecule has 0 radical (unpaired) electrons. The van der Waals surface area contributed by atoms with E-state index < -0.39 is 0 Å². The summed E-state index contributed by atoms with van der Waals surface area (Å²) in [4.78, 5) is 36.5. The number of H-pyrrole nitrogens is 1. The third-order valence-electron chi connectivity index (χ3n) is 6.61. The van der Waals surface area contributed by atoms with Crippen molar-refractivity contribution in [3.05, 3.63) is 90.4 Å². The lowest BCUT2D eigenvalue weighted by molar-refractivity contribution is 0.103. The quantitative estimate of drug-likeness (QED) is 0.301. The van der Waals surface area contributed by atoms with Crippen LogP contribution in [0, 0.1) is 0 Å². The van der Waals surface area contributed by atoms with E-state index in [1.54, 1.807) is 18.5 Å². The maximum atomic E-state index is 12.7. The highest BCUT2D eigenvalue weighted by molar-refractivity contribution is 6.09. The predicted molar refractivity (Wildman–Crippen MR) is 144 cm³/mol. The average molecular weight is 491 g/mol. The summed E-state index contributed by atoms with van der Waals surface area (Å²) < 4.78 is 0. The molecule has 1 aliphatic heterocycles. The van der Waals surface area contributed by atoms with E-state index in [-0.39, 0.29) is 11.8 Å². The van der Waals surface area contributed by atoms with Gasteiger partial charge in [-0.2, -0.15) is 4.98 Å². The van der Waals surface area contributed by atoms with Crippen LogP contribution >= 0.6 is 0 Å². The first kappa shape index (κ1) is 22.8. The highest BCUT2D eigenvalue weighted by Crippen LogP contribution is 2.28. The summed E-state index contributed by atoms with van der Waals surface area (Å²) in [7, 11) is 0. The number of carbonyl (C=O) groups excluding carboxylic acids is 1. The Morgan fingerprint density at radius 2 is 1.68 bits per heavy atom. The molecule has 0 spiro atoms. The first-order chi connectivity index (χ1) is 18.1. The summed E-state index contributed by atoms with van der Waals surface area (Å²) in [5.41, 5.74) is 10.9. The first-order valence-electron chi connectivity index (χ1n) is 12.3. The van der Waals surface area contributed by atoms with Crippen molar-refractivity contribution >= 4 is 34.4 Å². The number of rotatable bonds is 6. The molecule has 37 heavy (non-hydrogen) atoms. The van der Waals surface area contributed by atoms with Crippen molar-refractivity contribution in [2.24, 2.45) is 5.73 Å². The monoisotopic (exact) mass is 490 g/mol. The second-order valence-electron chi connectivity index (χ2n) is 9.12. The molecule has 1 fully saturated rings. The summed E-state index contributed by atoms with van der Waals surface area (Å²) in [5.74, 6) is 1.33. The number of imidazole rings is 1. The fraction of sp³-hybridized carbons (Fsp3) is 0.179. The molecular formula is C28H26N8O. The predicted octanol–water partition coefficient (Wildman–Crippen LogP) is 4.32. The van der Waals surface area contributed by atoms with Crippen molar-refractivity contribution in [3.8, 4) is 11.3 Å². The number of fused-ring (bicyclic) bond motifs is 1. The van der Waals surface area contributed by atoms with Crippen LogP contribution in [0.25, 0.3) is 22.4 Å². The molecule has 9 heteroatoms. The fourth-order valence-corrected chi connectivity index (χ4v) is 4.53. The lowest BCUT2D eigenvalue weighted by Crippen LogP contribution is -2.40. The second kappa shape index (κ2) is 9.79. The molecule has 1 aliphatic rings. The van der Waals surface area contributed by atoms with E-state index in [1.807, 2.05) is 60.8 Å². The van der Waals surface area contributed by atoms with E-state index in [0.29, 0.717) is 28.4 Å². The molecule has 184 valence electrons. The molecule has 1 saturated heterocycles. The van der Waals surface area contributed by atoms with Crippen LogP contribution in [-0.4, -0.2) is 49.8 Å². The maximum Gasteiger partial charge on any atom is 0.229 e. The van der Waals surface area contributed by atoms with Gasteiger partial charge in [-0.15, -0.1) is 0 Å². The van der Waals surface area contributed by atoms with Gasteiger partial charge in [0.2, 0.25) is 5.95 Å². The second-order valence-corrected chi connectivity index (χ2v) is 9.12. The van der Waals surface area contributed by atoms with Gasteiger partial charge in [0, 0.05) is 47.7 Å². The summed E-state index contributed by atoms with van der Waals surface area (Å²) in [6.07, 6.45) is 5.39. The van der Waals surface area contributed by atoms with Crippen LogP contribution in [0.4, 0.5) is 17.5 Å². The van der Waals surface area contributed by atoms with Gasteiger partial charge in [-0.05, 0) is 49.2 Å². The molecule has 0 amide bonds. The van der Waals surface area contributed by atoms with Crippen LogP contribution in [0.15, 0.2) is 79.3 Å². The Hall–Kier alpha value is -4.63. The lowest BCUT2D eigenvalue weighted by atomic mass is 10.0. The number of carbonyl (C=O) groups is 1. The van der Waals surface area contributed by atoms with E-state index in [0.717, 1.165) is 48.5 Å². The van der Waals surface area contributed by atoms with Crippen molar-refractivity contribution in [1.29, 1.82) is 0 Å². The Labute approximate surface area is 213 Å². The zero-order valence-corrected chi connectivity index (χ0v) is 20.1. The van der Waals surface area contributed by atoms with Gasteiger partial charge in [-0.25, -0.2) is 15.0 Å². The molecule has 0 saturated carbocycles. The molecule has 2 aromatic carbocycles. The summed E-state index contributed by atoms with van der Waals surface area (Å²) in [6.45, 7) is 1.82. The number of hydrogen-bond acceptors (Lipinski definition) is 8. The van der Waals surface area contributed by atoms with Crippen molar-refractivity contribution in [2.45, 2.75) is 18.9 Å². The summed E-state index contributed by atoms with van der Waals surface area (Å²) in [6, 6.07) is 20.8. The van der Waals surface area contributed by atoms with Gasteiger partial charge < -0.3 is 20.9 Å². The van der Waals surface area contributed by atoms with Gasteiger partial charge in [0.05, 0.1) is 6.33 Å². The van der Waals surface area contributed by atoms with E-state index >= 15 is 0 Å². The van der Waals surface area contributed by atoms with Crippen LogP contribution in [0.5, 0.6) is 0 Å². The maximum absolute atomic E-state index is 12.7. The van der Waals surface area contributed by atoms with Gasteiger partial charge in [0.15, 0.2) is 11.4 Å². The minimum absolute atomic E-state index is 0.0213. The molecule has 0 atom stereocenters. The molecule has 5 aromatic rings. The number of nitrogens with zero attached hydrogens (tertiary/aromatic N) is 5. The topological polar surface area (TPSA) is 126 Å². The van der Waals surface area contributed by atoms with E-state index in [1.165, 1.54) is 0 Å². The van der Waals surface area contributed by atoms with E-state index in [2.05, 4.69) is 25.2 Å². The molecule has 0 aliphatic carbocycles. The summed E-state index contributed by atoms with van der Waals surface area (Å²) in [5, 5.41) is 3.24. The van der Waals surface area contributed by atoms with Crippen LogP contribution in [0.3, 0.4) is 0 Å². The highest BCUT2D eigenvalue weighted by Gasteiger charge is 2.18. The molecule has 9 nitrogen and oxygen atoms in total. The third-order valence-corrected chi connectivity index (χ3v) is 6.61. The largest absolute Gasteiger partial charge is 0.357 e. The molecular weight excluding hydrogens is 464 g/mol. The molecule has 3 aromatic heterocycles. The van der Waals surface area contributed by atoms with Gasteiger partial charge in [0.25, 0.3) is 0 Å². The number of hydrogen-bond donors (Lipinski definition) is 3. The number of nitrogens with two attached hydrogens (primary N) is 1. The van der Waals surface area contributed by atoms with Crippen molar-refractivity contribution in [1.82, 2.24) is 24.9 Å². The average Bonchev–Trinajstić information content (AvgIpc) is 3.42. The Bertz CT molecular complexity index is 1520. The van der Waals surface area contributed by atoms with Crippen molar-refractivity contribution in [2.75, 3.05) is 23.3 Å². The van der Waals surface area contributed by atoms with Crippen molar-refractivity contribution < 1.29 is 4.79 Å². The zero-order chi connectivity index (χ0) is 25.2. The number of ketones is 1. The Kier molecular flexibility index (Phi) is 6.03. The minimum Gasteiger partial charge on any atom is -0.357 e. The van der Waals surface area contributed by atoms with Crippen molar-refractivity contribution in [3.63, 3.8) is 0 Å². The zero-order valence-electron chi connectivity index (χ0n) is 20.1. The number of benzene rings is 2. The smallest absolute Gasteiger partial charge is 0.229 e. The van der Waals surface area contributed by atoms with Gasteiger partial charge in [-0.3, -0.25) is 4.79 Å². The fourth-order valence-electron chi connectivity index (χ4n) is 4.53. The Balaban J connectivity index is 1.24. The molecule has 0 bridgehead atoms. The Morgan fingerprint density at radius 3 is 2.41 bits per heavy atom. The van der Waals surface area contributed by atoms with Crippen LogP contribution in [0.2, 0.25) is 0 Å². The van der Waals surface area contributed by atoms with Crippen LogP contribution < -0.4 is 16.0 Å².